The average molecular weight is 427 g/mol. The maximum absolute atomic E-state index is 12.5. The molecule has 9 nitrogen and oxygen atoms in total. The van der Waals surface area contributed by atoms with E-state index in [-0.39, 0.29) is 25.3 Å². The van der Waals surface area contributed by atoms with Crippen LogP contribution in [0.15, 0.2) is 36.4 Å². The van der Waals surface area contributed by atoms with Crippen LogP contribution >= 0.6 is 0 Å². The number of benzene rings is 2. The third-order valence-electron chi connectivity index (χ3n) is 5.39. The molecule has 2 aromatic carbocycles. The molecule has 1 unspecified atom stereocenters. The monoisotopic (exact) mass is 427 g/mol. The Labute approximate surface area is 180 Å². The third kappa shape index (κ3) is 4.66. The fourth-order valence-electron chi connectivity index (χ4n) is 3.95. The number of carbonyl (C=O) groups is 2. The van der Waals surface area contributed by atoms with Crippen LogP contribution in [-0.4, -0.2) is 50.9 Å². The number of hydrogen-bond donors (Lipinski definition) is 2. The molecule has 2 heterocycles. The molecule has 164 valence electrons. The first-order valence-electron chi connectivity index (χ1n) is 10.0. The van der Waals surface area contributed by atoms with E-state index < -0.39 is 6.03 Å². The van der Waals surface area contributed by atoms with Gasteiger partial charge < -0.3 is 24.3 Å². The van der Waals surface area contributed by atoms with E-state index in [0.29, 0.717) is 22.9 Å². The topological polar surface area (TPSA) is 98.4 Å². The number of imide groups is 1. The number of rotatable bonds is 6. The van der Waals surface area contributed by atoms with Gasteiger partial charge in [0.2, 0.25) is 12.7 Å². The van der Waals surface area contributed by atoms with Gasteiger partial charge in [0.25, 0.3) is 0 Å². The van der Waals surface area contributed by atoms with E-state index >= 15 is 0 Å². The van der Waals surface area contributed by atoms with E-state index in [4.69, 9.17) is 18.9 Å². The van der Waals surface area contributed by atoms with Crippen molar-refractivity contribution in [3.63, 3.8) is 0 Å². The Kier molecular flexibility index (Phi) is 6.13. The number of ether oxygens (including phenoxy) is 4. The average Bonchev–Trinajstić information content (AvgIpc) is 3.42. The van der Waals surface area contributed by atoms with Crippen molar-refractivity contribution in [1.82, 2.24) is 10.2 Å². The molecule has 0 bridgehead atoms. The van der Waals surface area contributed by atoms with Gasteiger partial charge in [0.05, 0.1) is 20.8 Å². The molecule has 9 heteroatoms. The maximum Gasteiger partial charge on any atom is 0.325 e. The van der Waals surface area contributed by atoms with Gasteiger partial charge >= 0.3 is 6.03 Å². The lowest BCUT2D eigenvalue weighted by atomic mass is 10.0. The summed E-state index contributed by atoms with van der Waals surface area (Å²) in [4.78, 5) is 26.8. The van der Waals surface area contributed by atoms with Crippen LogP contribution < -0.4 is 29.6 Å². The molecule has 0 saturated carbocycles. The van der Waals surface area contributed by atoms with Gasteiger partial charge in [-0.25, -0.2) is 4.79 Å². The summed E-state index contributed by atoms with van der Waals surface area (Å²) >= 11 is 0. The summed E-state index contributed by atoms with van der Waals surface area (Å²) in [6.07, 6.45) is 1.86. The Morgan fingerprint density at radius 2 is 1.94 bits per heavy atom. The molecule has 4 rings (SSSR count). The highest BCUT2D eigenvalue weighted by molar-refractivity contribution is 6.01. The van der Waals surface area contributed by atoms with Crippen LogP contribution in [0.3, 0.4) is 0 Å². The van der Waals surface area contributed by atoms with E-state index in [1.165, 1.54) is 0 Å². The number of carbonyl (C=O) groups excluding carboxylic acids is 2. The van der Waals surface area contributed by atoms with Crippen molar-refractivity contribution in [2.75, 3.05) is 39.4 Å². The van der Waals surface area contributed by atoms with Gasteiger partial charge in [-0.1, -0.05) is 6.07 Å². The molecule has 3 amide bonds. The first-order chi connectivity index (χ1) is 15.1. The van der Waals surface area contributed by atoms with E-state index in [0.717, 1.165) is 30.7 Å². The number of amides is 3. The Morgan fingerprint density at radius 1 is 1.10 bits per heavy atom. The van der Waals surface area contributed by atoms with Gasteiger partial charge in [-0.3, -0.25) is 15.0 Å². The van der Waals surface area contributed by atoms with Crippen molar-refractivity contribution in [3.8, 4) is 23.0 Å². The highest BCUT2D eigenvalue weighted by Crippen LogP contribution is 2.38. The predicted molar refractivity (Wildman–Crippen MR) is 113 cm³/mol. The van der Waals surface area contributed by atoms with Crippen LogP contribution in [0.1, 0.15) is 24.4 Å². The molecule has 0 spiro atoms. The molecule has 2 aliphatic heterocycles. The molecule has 1 fully saturated rings. The molecule has 0 radical (unpaired) electrons. The van der Waals surface area contributed by atoms with Crippen molar-refractivity contribution in [1.29, 1.82) is 0 Å². The highest BCUT2D eigenvalue weighted by Gasteiger charge is 2.30. The van der Waals surface area contributed by atoms with Crippen LogP contribution in [0.25, 0.3) is 0 Å². The SMILES string of the molecule is COc1ccc(C2CCCN2CC(=O)NC(=O)Nc2ccc3c(c2)OCO3)c(OC)c1. The second-order valence-corrected chi connectivity index (χ2v) is 7.31. The summed E-state index contributed by atoms with van der Waals surface area (Å²) in [5.74, 6) is 2.23. The number of fused-ring (bicyclic) bond motifs is 1. The van der Waals surface area contributed by atoms with Crippen molar-refractivity contribution < 1.29 is 28.5 Å². The lowest BCUT2D eigenvalue weighted by Gasteiger charge is -2.25. The zero-order chi connectivity index (χ0) is 21.8. The smallest absolute Gasteiger partial charge is 0.325 e. The van der Waals surface area contributed by atoms with Gasteiger partial charge in [-0.2, -0.15) is 0 Å². The second-order valence-electron chi connectivity index (χ2n) is 7.31. The Balaban J connectivity index is 1.36. The zero-order valence-electron chi connectivity index (χ0n) is 17.5. The maximum atomic E-state index is 12.5. The number of methoxy groups -OCH3 is 2. The van der Waals surface area contributed by atoms with Crippen molar-refractivity contribution >= 4 is 17.6 Å². The standard InChI is InChI=1S/C22H25N3O6/c1-28-15-6-7-16(19(11-15)29-2)17-4-3-9-25(17)12-21(26)24-22(27)23-14-5-8-18-20(10-14)31-13-30-18/h5-8,10-11,17H,3-4,9,12-13H2,1-2H3,(H2,23,24,26,27). The van der Waals surface area contributed by atoms with Gasteiger partial charge in [-0.05, 0) is 37.6 Å². The fourth-order valence-corrected chi connectivity index (χ4v) is 3.95. The van der Waals surface area contributed by atoms with E-state index in [1.54, 1.807) is 32.4 Å². The zero-order valence-corrected chi connectivity index (χ0v) is 17.5. The summed E-state index contributed by atoms with van der Waals surface area (Å²) in [6.45, 7) is 1.02. The van der Waals surface area contributed by atoms with Crippen LogP contribution in [-0.2, 0) is 4.79 Å². The minimum absolute atomic E-state index is 0.0310. The lowest BCUT2D eigenvalue weighted by Crippen LogP contribution is -2.41. The molecule has 0 aliphatic carbocycles. The van der Waals surface area contributed by atoms with E-state index in [1.807, 2.05) is 23.1 Å². The molecule has 2 aliphatic rings. The normalized spacial score (nSPS) is 17.3. The highest BCUT2D eigenvalue weighted by atomic mass is 16.7. The fraction of sp³-hybridized carbons (Fsp3) is 0.364. The number of anilines is 1. The Bertz CT molecular complexity index is 980. The lowest BCUT2D eigenvalue weighted by molar-refractivity contribution is -0.121. The first kappa shape index (κ1) is 20.8. The molecular formula is C22H25N3O6. The van der Waals surface area contributed by atoms with Crippen LogP contribution in [0.2, 0.25) is 0 Å². The summed E-state index contributed by atoms with van der Waals surface area (Å²) in [7, 11) is 3.22. The summed E-state index contributed by atoms with van der Waals surface area (Å²) in [5, 5.41) is 5.03. The molecule has 2 N–H and O–H groups in total. The predicted octanol–water partition coefficient (Wildman–Crippen LogP) is 2.92. The quantitative estimate of drug-likeness (QED) is 0.731. The first-order valence-corrected chi connectivity index (χ1v) is 10.0. The summed E-state index contributed by atoms with van der Waals surface area (Å²) < 4.78 is 21.3. The third-order valence-corrected chi connectivity index (χ3v) is 5.39. The molecule has 0 aromatic heterocycles. The Hall–Kier alpha value is -3.46. The van der Waals surface area contributed by atoms with Gasteiger partial charge in [0.15, 0.2) is 11.5 Å². The number of hydrogen-bond acceptors (Lipinski definition) is 7. The van der Waals surface area contributed by atoms with Gasteiger partial charge in [-0.15, -0.1) is 0 Å². The number of nitrogens with one attached hydrogen (secondary N) is 2. The van der Waals surface area contributed by atoms with Gasteiger partial charge in [0, 0.05) is 29.4 Å². The van der Waals surface area contributed by atoms with E-state index in [2.05, 4.69) is 10.6 Å². The minimum atomic E-state index is -0.596. The van der Waals surface area contributed by atoms with Crippen molar-refractivity contribution in [2.45, 2.75) is 18.9 Å². The van der Waals surface area contributed by atoms with Crippen molar-refractivity contribution in [3.05, 3.63) is 42.0 Å². The molecule has 2 aromatic rings. The van der Waals surface area contributed by atoms with Crippen LogP contribution in [0, 0.1) is 0 Å². The minimum Gasteiger partial charge on any atom is -0.497 e. The van der Waals surface area contributed by atoms with Crippen molar-refractivity contribution in [2.24, 2.45) is 0 Å². The molecule has 1 saturated heterocycles. The Morgan fingerprint density at radius 3 is 2.74 bits per heavy atom. The second kappa shape index (κ2) is 9.13. The van der Waals surface area contributed by atoms with Gasteiger partial charge in [0.1, 0.15) is 11.5 Å². The molecular weight excluding hydrogens is 402 g/mol. The summed E-state index contributed by atoms with van der Waals surface area (Å²) in [6, 6.07) is 10.2. The number of nitrogens with zero attached hydrogens (tertiary/aromatic N) is 1. The molecule has 1 atom stereocenters. The summed E-state index contributed by atoms with van der Waals surface area (Å²) in [5.41, 5.74) is 1.51. The van der Waals surface area contributed by atoms with Crippen LogP contribution in [0.5, 0.6) is 23.0 Å². The number of likely N-dealkylation sites (tertiary alicyclic amines) is 1. The van der Waals surface area contributed by atoms with Crippen LogP contribution in [0.4, 0.5) is 10.5 Å². The van der Waals surface area contributed by atoms with E-state index in [9.17, 15) is 9.59 Å². The largest absolute Gasteiger partial charge is 0.497 e. The number of urea groups is 1. The molecule has 31 heavy (non-hydrogen) atoms.